The minimum absolute atomic E-state index is 0.145. The third-order valence-corrected chi connectivity index (χ3v) is 9.71. The Bertz CT molecular complexity index is 2520. The summed E-state index contributed by atoms with van der Waals surface area (Å²) in [7, 11) is 0. The van der Waals surface area contributed by atoms with E-state index in [1.165, 1.54) is 33.9 Å². The van der Waals surface area contributed by atoms with Crippen LogP contribution in [0.25, 0.3) is 22.1 Å². The van der Waals surface area contributed by atoms with Gasteiger partial charge in [0.1, 0.15) is 11.0 Å². The fourth-order valence-corrected chi connectivity index (χ4v) is 7.22. The SMILES string of the molecule is NC1Cc2ccccc2N(c2ccccc2)C1.Nc1nc(Cl)c2cn[nH]c2n1.Nc1nc(NC2Cc3ccccc3N(c3ccccc3)C2)c2cn[nH]c2n1. The second-order valence-corrected chi connectivity index (χ2v) is 13.6. The molecule has 2 aliphatic rings. The minimum Gasteiger partial charge on any atom is -0.368 e. The van der Waals surface area contributed by atoms with Gasteiger partial charge >= 0.3 is 0 Å². The molecule has 0 fully saturated rings. The molecule has 2 atom stereocenters. The highest BCUT2D eigenvalue weighted by Crippen LogP contribution is 2.35. The number of nitrogen functional groups attached to an aromatic ring is 2. The minimum atomic E-state index is 0.145. The van der Waals surface area contributed by atoms with Crippen molar-refractivity contribution >= 4 is 74.1 Å². The molecule has 14 nitrogen and oxygen atoms in total. The molecule has 8 aromatic rings. The van der Waals surface area contributed by atoms with Crippen LogP contribution in [0.15, 0.2) is 122 Å². The molecular weight excluding hydrogens is 712 g/mol. The summed E-state index contributed by atoms with van der Waals surface area (Å²) in [4.78, 5) is 20.8. The number of rotatable bonds is 4. The standard InChI is InChI=1S/C20H19N7.C15H16N2.C5H4ClN5/c21-20-24-18(16-11-22-26-19(16)25-20)23-14-10-13-6-4-5-9-17(13)27(12-14)15-7-2-1-3-8-15;16-13-10-12-6-4-5-9-15(12)17(11-13)14-7-2-1-3-8-14;6-3-2-1-8-11-4(2)10-5(7)9-3/h1-9,11,14H,10,12H2,(H4,21,22,23,24,25,26);1-9,13H,10-11,16H2;1H,(H3,7,8,9,10,11). The Morgan fingerprint density at radius 1 is 0.600 bits per heavy atom. The van der Waals surface area contributed by atoms with Crippen LogP contribution in [0, 0.1) is 0 Å². The number of para-hydroxylation sites is 4. The first-order chi connectivity index (χ1) is 26.9. The largest absolute Gasteiger partial charge is 0.368 e. The fourth-order valence-electron chi connectivity index (χ4n) is 7.00. The van der Waals surface area contributed by atoms with Crippen molar-refractivity contribution in [3.05, 3.63) is 138 Å². The van der Waals surface area contributed by atoms with Gasteiger partial charge in [-0.15, -0.1) is 0 Å². The molecule has 0 radical (unpaired) electrons. The molecular formula is C40H39ClN14. The number of fused-ring (bicyclic) bond motifs is 4. The van der Waals surface area contributed by atoms with E-state index < -0.39 is 0 Å². The van der Waals surface area contributed by atoms with E-state index in [2.05, 4.69) is 153 Å². The highest BCUT2D eigenvalue weighted by Gasteiger charge is 2.26. The average Bonchev–Trinajstić information content (AvgIpc) is 3.89. The molecule has 55 heavy (non-hydrogen) atoms. The van der Waals surface area contributed by atoms with Gasteiger partial charge in [0.15, 0.2) is 11.3 Å². The zero-order chi connectivity index (χ0) is 37.7. The molecule has 0 aliphatic carbocycles. The van der Waals surface area contributed by atoms with Gasteiger partial charge in [0.25, 0.3) is 0 Å². The van der Waals surface area contributed by atoms with Gasteiger partial charge in [0, 0.05) is 47.9 Å². The molecule has 2 unspecified atom stereocenters. The molecule has 0 spiro atoms. The summed E-state index contributed by atoms with van der Waals surface area (Å²) in [6.07, 6.45) is 5.15. The van der Waals surface area contributed by atoms with Crippen molar-refractivity contribution in [2.45, 2.75) is 24.9 Å². The zero-order valence-electron chi connectivity index (χ0n) is 29.7. The van der Waals surface area contributed by atoms with E-state index in [0.717, 1.165) is 31.3 Å². The lowest BCUT2D eigenvalue weighted by atomic mass is 9.97. The van der Waals surface area contributed by atoms with Crippen LogP contribution in [0.3, 0.4) is 0 Å². The van der Waals surface area contributed by atoms with Gasteiger partial charge in [-0.3, -0.25) is 10.2 Å². The van der Waals surface area contributed by atoms with Crippen molar-refractivity contribution in [3.8, 4) is 0 Å². The second kappa shape index (κ2) is 15.7. The molecule has 276 valence electrons. The van der Waals surface area contributed by atoms with Gasteiger partial charge in [-0.25, -0.2) is 4.98 Å². The maximum absolute atomic E-state index is 6.14. The number of anilines is 7. The monoisotopic (exact) mass is 750 g/mol. The number of aromatic nitrogens is 8. The number of nitrogens with two attached hydrogens (primary N) is 3. The summed E-state index contributed by atoms with van der Waals surface area (Å²) in [6.45, 7) is 1.71. The average molecular weight is 751 g/mol. The van der Waals surface area contributed by atoms with Crippen LogP contribution in [0.2, 0.25) is 5.15 Å². The van der Waals surface area contributed by atoms with Crippen molar-refractivity contribution in [2.75, 3.05) is 39.7 Å². The van der Waals surface area contributed by atoms with E-state index >= 15 is 0 Å². The van der Waals surface area contributed by atoms with Crippen molar-refractivity contribution in [3.63, 3.8) is 0 Å². The fraction of sp³-hybridized carbons (Fsp3) is 0.150. The maximum Gasteiger partial charge on any atom is 0.224 e. The highest BCUT2D eigenvalue weighted by molar-refractivity contribution is 6.34. The third-order valence-electron chi connectivity index (χ3n) is 9.42. The van der Waals surface area contributed by atoms with Crippen LogP contribution in [-0.4, -0.2) is 65.5 Å². The smallest absolute Gasteiger partial charge is 0.224 e. The lowest BCUT2D eigenvalue weighted by molar-refractivity contribution is 0.641. The Balaban J connectivity index is 0.000000130. The molecule has 0 saturated carbocycles. The van der Waals surface area contributed by atoms with Gasteiger partial charge in [-0.05, 0) is 60.4 Å². The van der Waals surface area contributed by atoms with Gasteiger partial charge in [0.2, 0.25) is 11.9 Å². The Labute approximate surface area is 321 Å². The number of hydrogen-bond donors (Lipinski definition) is 6. The van der Waals surface area contributed by atoms with Crippen LogP contribution in [0.1, 0.15) is 11.1 Å². The summed E-state index contributed by atoms with van der Waals surface area (Å²) >= 11 is 5.71. The summed E-state index contributed by atoms with van der Waals surface area (Å²) in [5.74, 6) is 1.08. The van der Waals surface area contributed by atoms with Crippen LogP contribution in [-0.2, 0) is 12.8 Å². The molecule has 4 aromatic carbocycles. The Kier molecular flexibility index (Phi) is 10.1. The summed E-state index contributed by atoms with van der Waals surface area (Å²) in [6, 6.07) is 38.3. The van der Waals surface area contributed by atoms with E-state index in [1.807, 2.05) is 12.1 Å². The normalized spacial score (nSPS) is 16.0. The van der Waals surface area contributed by atoms with Gasteiger partial charge in [-0.1, -0.05) is 84.4 Å². The second-order valence-electron chi connectivity index (χ2n) is 13.2. The van der Waals surface area contributed by atoms with Crippen LogP contribution < -0.4 is 32.3 Å². The molecule has 9 N–H and O–H groups in total. The number of aromatic amines is 2. The van der Waals surface area contributed by atoms with Gasteiger partial charge < -0.3 is 32.3 Å². The van der Waals surface area contributed by atoms with Crippen LogP contribution >= 0.6 is 11.6 Å². The molecule has 6 heterocycles. The van der Waals surface area contributed by atoms with E-state index in [9.17, 15) is 0 Å². The summed E-state index contributed by atoms with van der Waals surface area (Å²) in [5.41, 5.74) is 26.1. The van der Waals surface area contributed by atoms with Gasteiger partial charge in [-0.2, -0.15) is 25.1 Å². The van der Waals surface area contributed by atoms with E-state index in [1.54, 1.807) is 12.4 Å². The van der Waals surface area contributed by atoms with E-state index in [-0.39, 0.29) is 24.0 Å². The number of H-pyrrole nitrogens is 2. The molecule has 0 amide bonds. The molecule has 4 aromatic heterocycles. The first-order valence-electron chi connectivity index (χ1n) is 17.8. The first-order valence-corrected chi connectivity index (χ1v) is 18.2. The summed E-state index contributed by atoms with van der Waals surface area (Å²) < 4.78 is 0. The van der Waals surface area contributed by atoms with Crippen molar-refractivity contribution in [1.82, 2.24) is 40.3 Å². The Hall–Kier alpha value is -6.77. The predicted octanol–water partition coefficient (Wildman–Crippen LogP) is 6.41. The van der Waals surface area contributed by atoms with E-state index in [0.29, 0.717) is 27.7 Å². The highest BCUT2D eigenvalue weighted by atomic mass is 35.5. The topological polar surface area (TPSA) is 205 Å². The molecule has 0 saturated heterocycles. The maximum atomic E-state index is 6.14. The predicted molar refractivity (Wildman–Crippen MR) is 220 cm³/mol. The molecule has 2 aliphatic heterocycles. The lowest BCUT2D eigenvalue weighted by Crippen LogP contribution is -2.40. The number of nitrogens with one attached hydrogen (secondary N) is 3. The van der Waals surface area contributed by atoms with Crippen molar-refractivity contribution < 1.29 is 0 Å². The van der Waals surface area contributed by atoms with Crippen LogP contribution in [0.4, 0.5) is 40.5 Å². The van der Waals surface area contributed by atoms with Crippen molar-refractivity contribution in [2.24, 2.45) is 5.73 Å². The quantitative estimate of drug-likeness (QED) is 0.108. The lowest BCUT2D eigenvalue weighted by Gasteiger charge is -2.36. The first kappa shape index (κ1) is 35.3. The number of halogens is 1. The number of benzene rings is 4. The number of nitrogens with zero attached hydrogens (tertiary/aromatic N) is 8. The van der Waals surface area contributed by atoms with Crippen LogP contribution in [0.5, 0.6) is 0 Å². The summed E-state index contributed by atoms with van der Waals surface area (Å²) in [5, 5.41) is 18.7. The van der Waals surface area contributed by atoms with Crippen molar-refractivity contribution in [1.29, 1.82) is 0 Å². The Morgan fingerprint density at radius 3 is 1.75 bits per heavy atom. The van der Waals surface area contributed by atoms with Gasteiger partial charge in [0.05, 0.1) is 23.2 Å². The Morgan fingerprint density at radius 2 is 1.11 bits per heavy atom. The van der Waals surface area contributed by atoms with E-state index in [4.69, 9.17) is 28.8 Å². The molecule has 0 bridgehead atoms. The third kappa shape index (κ3) is 7.81. The molecule has 15 heteroatoms. The molecule has 10 rings (SSSR count). The zero-order valence-corrected chi connectivity index (χ0v) is 30.5. The number of hydrogen-bond acceptors (Lipinski definition) is 12.